The molecule has 0 saturated carbocycles. The van der Waals surface area contributed by atoms with Crippen molar-refractivity contribution in [1.29, 1.82) is 0 Å². The van der Waals surface area contributed by atoms with E-state index in [4.69, 9.17) is 14.0 Å². The number of ether oxygens (including phenoxy) is 2. The molecule has 8 nitrogen and oxygen atoms in total. The summed E-state index contributed by atoms with van der Waals surface area (Å²) in [5.74, 6) is -0.235. The van der Waals surface area contributed by atoms with Crippen LogP contribution in [0.25, 0.3) is 28.2 Å². The first-order chi connectivity index (χ1) is 16.1. The molecule has 0 saturated heterocycles. The number of nitrogens with one attached hydrogen (secondary N) is 1. The summed E-state index contributed by atoms with van der Waals surface area (Å²) in [7, 11) is 2.64. The molecular formula is C23H21F3N4O4. The van der Waals surface area contributed by atoms with Crippen molar-refractivity contribution in [3.8, 4) is 34.1 Å². The highest BCUT2D eigenvalue weighted by Gasteiger charge is 2.38. The van der Waals surface area contributed by atoms with Crippen LogP contribution in [0.5, 0.6) is 11.5 Å². The molecule has 0 spiro atoms. The van der Waals surface area contributed by atoms with Crippen molar-refractivity contribution in [2.24, 2.45) is 0 Å². The van der Waals surface area contributed by atoms with Crippen molar-refractivity contribution in [1.82, 2.24) is 19.9 Å². The lowest BCUT2D eigenvalue weighted by atomic mass is 10.1. The third-order valence-corrected chi connectivity index (χ3v) is 5.29. The second-order valence-corrected chi connectivity index (χ2v) is 7.61. The lowest BCUT2D eigenvalue weighted by molar-refractivity contribution is -0.149. The summed E-state index contributed by atoms with van der Waals surface area (Å²) in [6.07, 6.45) is -1.16. The zero-order valence-corrected chi connectivity index (χ0v) is 18.7. The quantitative estimate of drug-likeness (QED) is 0.437. The first-order valence-corrected chi connectivity index (χ1v) is 10.2. The summed E-state index contributed by atoms with van der Waals surface area (Å²) in [5.41, 5.74) is 3.28. The fourth-order valence-corrected chi connectivity index (χ4v) is 3.48. The van der Waals surface area contributed by atoms with Crippen LogP contribution in [0.3, 0.4) is 0 Å². The van der Waals surface area contributed by atoms with Crippen molar-refractivity contribution in [3.63, 3.8) is 0 Å². The maximum absolute atomic E-state index is 12.9. The van der Waals surface area contributed by atoms with Crippen LogP contribution in [0, 0.1) is 6.92 Å². The number of rotatable bonds is 6. The number of pyridine rings is 1. The van der Waals surface area contributed by atoms with Crippen molar-refractivity contribution in [2.75, 3.05) is 14.2 Å². The molecule has 3 aromatic heterocycles. The molecule has 34 heavy (non-hydrogen) atoms. The third kappa shape index (κ3) is 4.28. The molecule has 0 fully saturated rings. The van der Waals surface area contributed by atoms with Crippen molar-refractivity contribution >= 4 is 11.6 Å². The fraction of sp³-hybridized carbons (Fsp3) is 0.261. The number of carbonyl (C=O) groups is 1. The second-order valence-electron chi connectivity index (χ2n) is 7.61. The summed E-state index contributed by atoms with van der Waals surface area (Å²) in [6.45, 7) is 2.69. The summed E-state index contributed by atoms with van der Waals surface area (Å²) in [6, 6.07) is 6.54. The van der Waals surface area contributed by atoms with E-state index in [9.17, 15) is 18.0 Å². The van der Waals surface area contributed by atoms with Crippen molar-refractivity contribution in [2.45, 2.75) is 26.1 Å². The smallest absolute Gasteiger partial charge is 0.408 e. The number of aromatic nitrogens is 3. The van der Waals surface area contributed by atoms with E-state index >= 15 is 0 Å². The topological polar surface area (TPSA) is 90.9 Å². The number of hydrogen-bond donors (Lipinski definition) is 1. The van der Waals surface area contributed by atoms with Gasteiger partial charge in [0.25, 0.3) is 5.91 Å². The van der Waals surface area contributed by atoms with Crippen molar-refractivity contribution in [3.05, 3.63) is 54.0 Å². The van der Waals surface area contributed by atoms with Crippen LogP contribution in [0.2, 0.25) is 0 Å². The van der Waals surface area contributed by atoms with E-state index in [0.717, 1.165) is 18.2 Å². The maximum atomic E-state index is 12.9. The molecule has 0 aliphatic carbocycles. The van der Waals surface area contributed by atoms with Gasteiger partial charge in [-0.1, -0.05) is 5.16 Å². The number of benzene rings is 1. The largest absolute Gasteiger partial charge is 0.496 e. The molecule has 4 rings (SSSR count). The van der Waals surface area contributed by atoms with Crippen molar-refractivity contribution < 1.29 is 32.0 Å². The Balaban J connectivity index is 1.74. The molecule has 0 bridgehead atoms. The normalized spacial score (nSPS) is 12.6. The predicted octanol–water partition coefficient (Wildman–Crippen LogP) is 4.66. The van der Waals surface area contributed by atoms with E-state index in [2.05, 4.69) is 10.1 Å². The average Bonchev–Trinajstić information content (AvgIpc) is 3.43. The molecule has 1 atom stereocenters. The number of halogens is 3. The first kappa shape index (κ1) is 23.1. The van der Waals surface area contributed by atoms with Gasteiger partial charge in [-0.05, 0) is 38.1 Å². The fourth-order valence-electron chi connectivity index (χ4n) is 3.48. The minimum Gasteiger partial charge on any atom is -0.496 e. The van der Waals surface area contributed by atoms with Crippen LogP contribution in [-0.2, 0) is 0 Å². The van der Waals surface area contributed by atoms with E-state index in [1.807, 2.05) is 34.8 Å². The van der Waals surface area contributed by atoms with Gasteiger partial charge in [0, 0.05) is 23.4 Å². The molecule has 0 aliphatic rings. The van der Waals surface area contributed by atoms with Crippen LogP contribution >= 0.6 is 0 Å². The van der Waals surface area contributed by atoms with Gasteiger partial charge >= 0.3 is 6.18 Å². The molecule has 0 aliphatic heterocycles. The minimum atomic E-state index is -4.59. The number of fused-ring (bicyclic) bond motifs is 1. The molecular weight excluding hydrogens is 453 g/mol. The van der Waals surface area contributed by atoms with Gasteiger partial charge in [0.2, 0.25) is 0 Å². The molecule has 1 aromatic carbocycles. The standard InChI is InChI=1S/C23H21F3N4O4/c1-12-7-17(34-29-12)14-5-6-30-16(11-27-20(30)10-14)15-8-18(32-3)21(19(9-15)33-4)22(31)28-13(2)23(24,25)26/h5-11,13H,1-4H3,(H,28,31)/t13-/m1/s1. The number of alkyl halides is 3. The lowest BCUT2D eigenvalue weighted by Gasteiger charge is -2.20. The zero-order chi connectivity index (χ0) is 24.6. The lowest BCUT2D eigenvalue weighted by Crippen LogP contribution is -2.43. The SMILES string of the molecule is COc1cc(-c2cnc3cc(-c4cc(C)no4)ccn23)cc(OC)c1C(=O)N[C@H](C)C(F)(F)F. The summed E-state index contributed by atoms with van der Waals surface area (Å²) in [5, 5.41) is 5.83. The predicted molar refractivity (Wildman–Crippen MR) is 117 cm³/mol. The van der Waals surface area contributed by atoms with Crippen LogP contribution in [0.1, 0.15) is 23.0 Å². The Hall–Kier alpha value is -4.02. The summed E-state index contributed by atoms with van der Waals surface area (Å²) in [4.78, 5) is 17.1. The van der Waals surface area contributed by atoms with Gasteiger partial charge in [-0.25, -0.2) is 4.98 Å². The van der Waals surface area contributed by atoms with E-state index in [1.165, 1.54) is 14.2 Å². The number of methoxy groups -OCH3 is 2. The Kier molecular flexibility index (Phi) is 5.94. The molecule has 0 radical (unpaired) electrons. The van der Waals surface area contributed by atoms with E-state index in [1.54, 1.807) is 24.5 Å². The third-order valence-electron chi connectivity index (χ3n) is 5.29. The number of aryl methyl sites for hydroxylation is 1. The number of hydrogen-bond acceptors (Lipinski definition) is 6. The van der Waals surface area contributed by atoms with Crippen LogP contribution in [0.15, 0.2) is 47.2 Å². The van der Waals surface area contributed by atoms with Gasteiger partial charge in [-0.2, -0.15) is 13.2 Å². The second kappa shape index (κ2) is 8.73. The monoisotopic (exact) mass is 474 g/mol. The summed E-state index contributed by atoms with van der Waals surface area (Å²) < 4.78 is 56.6. The Morgan fingerprint density at radius 2 is 1.79 bits per heavy atom. The maximum Gasteiger partial charge on any atom is 0.408 e. The number of amides is 1. The molecule has 11 heteroatoms. The molecule has 4 aromatic rings. The Bertz CT molecular complexity index is 1340. The highest BCUT2D eigenvalue weighted by Crippen LogP contribution is 2.36. The van der Waals surface area contributed by atoms with E-state index in [0.29, 0.717) is 22.7 Å². The highest BCUT2D eigenvalue weighted by atomic mass is 19.4. The van der Waals surface area contributed by atoms with E-state index in [-0.39, 0.29) is 17.1 Å². The van der Waals surface area contributed by atoms with Gasteiger partial charge in [-0.15, -0.1) is 0 Å². The minimum absolute atomic E-state index is 0.0601. The molecule has 178 valence electrons. The molecule has 0 unspecified atom stereocenters. The zero-order valence-electron chi connectivity index (χ0n) is 18.7. The van der Waals surface area contributed by atoms with Gasteiger partial charge in [0.15, 0.2) is 5.76 Å². The average molecular weight is 474 g/mol. The Morgan fingerprint density at radius 3 is 2.35 bits per heavy atom. The number of imidazole rings is 1. The molecule has 1 N–H and O–H groups in total. The number of nitrogens with zero attached hydrogens (tertiary/aromatic N) is 3. The van der Waals surface area contributed by atoms with Gasteiger partial charge in [0.05, 0.1) is 31.8 Å². The number of carbonyl (C=O) groups excluding carboxylic acids is 1. The van der Waals surface area contributed by atoms with E-state index < -0.39 is 18.1 Å². The highest BCUT2D eigenvalue weighted by molar-refractivity contribution is 6.01. The van der Waals surface area contributed by atoms with Gasteiger partial charge in [0.1, 0.15) is 28.8 Å². The molecule has 3 heterocycles. The van der Waals surface area contributed by atoms with Gasteiger partial charge in [-0.3, -0.25) is 9.20 Å². The van der Waals surface area contributed by atoms with Crippen LogP contribution < -0.4 is 14.8 Å². The Labute approximate surface area is 192 Å². The molecule has 1 amide bonds. The van der Waals surface area contributed by atoms with Gasteiger partial charge < -0.3 is 19.3 Å². The van der Waals surface area contributed by atoms with Crippen LogP contribution in [-0.4, -0.2) is 46.9 Å². The summed E-state index contributed by atoms with van der Waals surface area (Å²) >= 11 is 0. The Morgan fingerprint density at radius 1 is 1.12 bits per heavy atom. The van der Waals surface area contributed by atoms with Crippen LogP contribution in [0.4, 0.5) is 13.2 Å². The first-order valence-electron chi connectivity index (χ1n) is 10.2.